The van der Waals surface area contributed by atoms with Gasteiger partial charge in [0.2, 0.25) is 0 Å². The average molecular weight is 393 g/mol. The van der Waals surface area contributed by atoms with Gasteiger partial charge in [-0.3, -0.25) is 9.59 Å². The summed E-state index contributed by atoms with van der Waals surface area (Å²) < 4.78 is 0. The van der Waals surface area contributed by atoms with Crippen LogP contribution in [-0.4, -0.2) is 33.5 Å². The Morgan fingerprint density at radius 2 is 1.64 bits per heavy atom. The zero-order valence-corrected chi connectivity index (χ0v) is 16.1. The Labute approximate surface area is 168 Å². The van der Waals surface area contributed by atoms with Gasteiger partial charge in [0.05, 0.1) is 10.6 Å². The third kappa shape index (κ3) is 4.75. The Bertz CT molecular complexity index is 1010. The van der Waals surface area contributed by atoms with Crippen LogP contribution in [0.15, 0.2) is 59.5 Å². The number of aromatic nitrogens is 2. The summed E-state index contributed by atoms with van der Waals surface area (Å²) in [5.41, 5.74) is 3.89. The first-order valence-electron chi connectivity index (χ1n) is 8.65. The molecular weight excluding hydrogens is 374 g/mol. The number of carbonyl (C=O) groups excluding carboxylic acids is 1. The number of aliphatic carboxylic acids is 1. The predicted molar refractivity (Wildman–Crippen MR) is 109 cm³/mol. The van der Waals surface area contributed by atoms with Gasteiger partial charge >= 0.3 is 5.97 Å². The van der Waals surface area contributed by atoms with Gasteiger partial charge in [-0.05, 0) is 23.6 Å². The maximum absolute atomic E-state index is 12.2. The first-order chi connectivity index (χ1) is 13.4. The van der Waals surface area contributed by atoms with Crippen molar-refractivity contribution in [3.05, 3.63) is 77.4 Å². The van der Waals surface area contributed by atoms with Crippen LogP contribution in [0.2, 0.25) is 0 Å². The van der Waals surface area contributed by atoms with E-state index in [9.17, 15) is 9.59 Å². The van der Waals surface area contributed by atoms with E-state index in [-0.39, 0.29) is 5.69 Å². The summed E-state index contributed by atoms with van der Waals surface area (Å²) in [4.78, 5) is 31.9. The van der Waals surface area contributed by atoms with Crippen LogP contribution in [0.5, 0.6) is 0 Å². The molecule has 0 bridgehead atoms. The number of nitrogens with one attached hydrogen (secondary N) is 1. The highest BCUT2D eigenvalue weighted by atomic mass is 32.1. The summed E-state index contributed by atoms with van der Waals surface area (Å²) in [6.07, 6.45) is 0.448. The second-order valence-corrected chi connectivity index (χ2v) is 6.69. The summed E-state index contributed by atoms with van der Waals surface area (Å²) in [7, 11) is 0. The zero-order valence-electron chi connectivity index (χ0n) is 15.2. The molecule has 1 heterocycles. The molecule has 3 aromatic rings. The fourth-order valence-corrected chi connectivity index (χ4v) is 2.93. The number of carbonyl (C=O) groups is 2. The topological polar surface area (TPSA) is 92.2 Å². The number of aryl methyl sites for hydroxylation is 1. The van der Waals surface area contributed by atoms with Crippen molar-refractivity contribution in [1.29, 1.82) is 0 Å². The molecule has 142 valence electrons. The van der Waals surface area contributed by atoms with E-state index in [1.54, 1.807) is 6.92 Å². The average Bonchev–Trinajstić information content (AvgIpc) is 2.70. The lowest BCUT2D eigenvalue weighted by Crippen LogP contribution is -2.30. The summed E-state index contributed by atoms with van der Waals surface area (Å²) in [5, 5.41) is 11.0. The normalized spacial score (nSPS) is 10.5. The SMILES string of the molecule is Cc1nc(Cc2ccc(-c3ccccc3)cc2)nc(C(=O)NCC(=O)O)c1S. The third-order valence-corrected chi connectivity index (χ3v) is 4.68. The molecule has 0 aliphatic heterocycles. The Morgan fingerprint density at radius 3 is 2.29 bits per heavy atom. The van der Waals surface area contributed by atoms with Gasteiger partial charge in [-0.25, -0.2) is 9.97 Å². The number of carboxylic acids is 1. The van der Waals surface area contributed by atoms with Crippen LogP contribution in [0, 0.1) is 6.92 Å². The number of rotatable bonds is 6. The van der Waals surface area contributed by atoms with E-state index in [1.165, 1.54) is 0 Å². The van der Waals surface area contributed by atoms with Crippen molar-refractivity contribution in [2.24, 2.45) is 0 Å². The highest BCUT2D eigenvalue weighted by Gasteiger charge is 2.17. The van der Waals surface area contributed by atoms with Gasteiger partial charge in [-0.2, -0.15) is 0 Å². The molecule has 28 heavy (non-hydrogen) atoms. The molecular formula is C21H19N3O3S. The minimum atomic E-state index is -1.13. The first kappa shape index (κ1) is 19.6. The smallest absolute Gasteiger partial charge is 0.322 e. The van der Waals surface area contributed by atoms with Gasteiger partial charge < -0.3 is 10.4 Å². The number of hydrogen-bond donors (Lipinski definition) is 3. The van der Waals surface area contributed by atoms with E-state index in [0.29, 0.717) is 22.8 Å². The van der Waals surface area contributed by atoms with Crippen LogP contribution in [0.25, 0.3) is 11.1 Å². The molecule has 0 radical (unpaired) electrons. The van der Waals surface area contributed by atoms with Crippen molar-refractivity contribution < 1.29 is 14.7 Å². The van der Waals surface area contributed by atoms with E-state index in [0.717, 1.165) is 16.7 Å². The van der Waals surface area contributed by atoms with Crippen LogP contribution >= 0.6 is 12.6 Å². The standard InChI is InChI=1S/C21H19N3O3S/c1-13-20(28)19(21(27)22-12-18(25)26)24-17(23-13)11-14-7-9-16(10-8-14)15-5-3-2-4-6-15/h2-10,28H,11-12H2,1H3,(H,22,27)(H,25,26). The highest BCUT2D eigenvalue weighted by molar-refractivity contribution is 7.80. The maximum atomic E-state index is 12.2. The lowest BCUT2D eigenvalue weighted by atomic mass is 10.0. The molecule has 2 N–H and O–H groups in total. The number of amides is 1. The number of benzene rings is 2. The summed E-state index contributed by atoms with van der Waals surface area (Å²) in [6, 6.07) is 18.1. The second-order valence-electron chi connectivity index (χ2n) is 6.24. The predicted octanol–water partition coefficient (Wildman–Crippen LogP) is 3.15. The maximum Gasteiger partial charge on any atom is 0.322 e. The van der Waals surface area contributed by atoms with Crippen LogP contribution in [-0.2, 0) is 11.2 Å². The molecule has 0 aliphatic carbocycles. The Kier molecular flexibility index (Phi) is 6.06. The van der Waals surface area contributed by atoms with Crippen LogP contribution in [0.1, 0.15) is 27.6 Å². The first-order valence-corrected chi connectivity index (χ1v) is 9.09. The molecule has 1 amide bonds. The minimum absolute atomic E-state index is 0.0768. The van der Waals surface area contributed by atoms with Gasteiger partial charge in [0, 0.05) is 6.42 Å². The van der Waals surface area contributed by atoms with Crippen molar-refractivity contribution in [2.45, 2.75) is 18.2 Å². The molecule has 0 saturated heterocycles. The van der Waals surface area contributed by atoms with Crippen LogP contribution < -0.4 is 5.32 Å². The van der Waals surface area contributed by atoms with Crippen molar-refractivity contribution in [2.75, 3.05) is 6.54 Å². The number of hydrogen-bond acceptors (Lipinski definition) is 5. The number of nitrogens with zero attached hydrogens (tertiary/aromatic N) is 2. The molecule has 0 unspecified atom stereocenters. The fourth-order valence-electron chi connectivity index (χ4n) is 2.73. The highest BCUT2D eigenvalue weighted by Crippen LogP contribution is 2.21. The van der Waals surface area contributed by atoms with E-state index in [4.69, 9.17) is 5.11 Å². The lowest BCUT2D eigenvalue weighted by Gasteiger charge is -2.10. The van der Waals surface area contributed by atoms with Crippen molar-refractivity contribution in [3.63, 3.8) is 0 Å². The van der Waals surface area contributed by atoms with E-state index >= 15 is 0 Å². The Balaban J connectivity index is 1.80. The molecule has 0 fully saturated rings. The molecule has 0 aliphatic rings. The molecule has 6 nitrogen and oxygen atoms in total. The minimum Gasteiger partial charge on any atom is -0.480 e. The summed E-state index contributed by atoms with van der Waals surface area (Å²) in [5.74, 6) is -1.24. The number of carboxylic acid groups (broad SMARTS) is 1. The third-order valence-electron chi connectivity index (χ3n) is 4.14. The van der Waals surface area contributed by atoms with Crippen molar-refractivity contribution in [3.8, 4) is 11.1 Å². The van der Waals surface area contributed by atoms with Crippen LogP contribution in [0.3, 0.4) is 0 Å². The van der Waals surface area contributed by atoms with Gasteiger partial charge in [-0.1, -0.05) is 54.6 Å². The van der Waals surface area contributed by atoms with E-state index in [2.05, 4.69) is 40.0 Å². The Morgan fingerprint density at radius 1 is 1.00 bits per heavy atom. The molecule has 0 spiro atoms. The molecule has 0 saturated carbocycles. The van der Waals surface area contributed by atoms with Gasteiger partial charge in [-0.15, -0.1) is 12.6 Å². The largest absolute Gasteiger partial charge is 0.480 e. The zero-order chi connectivity index (χ0) is 20.1. The fraction of sp³-hybridized carbons (Fsp3) is 0.143. The van der Waals surface area contributed by atoms with E-state index < -0.39 is 18.4 Å². The Hall–Kier alpha value is -3.19. The quantitative estimate of drug-likeness (QED) is 0.560. The van der Waals surface area contributed by atoms with Gasteiger partial charge in [0.25, 0.3) is 5.91 Å². The van der Waals surface area contributed by atoms with Crippen molar-refractivity contribution >= 4 is 24.5 Å². The van der Waals surface area contributed by atoms with Crippen LogP contribution in [0.4, 0.5) is 0 Å². The second kappa shape index (κ2) is 8.67. The molecule has 7 heteroatoms. The van der Waals surface area contributed by atoms with Gasteiger partial charge in [0.1, 0.15) is 18.1 Å². The lowest BCUT2D eigenvalue weighted by molar-refractivity contribution is -0.135. The van der Waals surface area contributed by atoms with Crippen molar-refractivity contribution in [1.82, 2.24) is 15.3 Å². The molecule has 1 aromatic heterocycles. The van der Waals surface area contributed by atoms with E-state index in [1.807, 2.05) is 42.5 Å². The summed E-state index contributed by atoms with van der Waals surface area (Å²) >= 11 is 4.29. The summed E-state index contributed by atoms with van der Waals surface area (Å²) in [6.45, 7) is 1.26. The number of thiol groups is 1. The molecule has 3 rings (SSSR count). The monoisotopic (exact) mass is 393 g/mol. The van der Waals surface area contributed by atoms with Gasteiger partial charge in [0.15, 0.2) is 0 Å². The molecule has 0 atom stereocenters. The molecule has 2 aromatic carbocycles.